The molecule has 0 saturated heterocycles. The van der Waals surface area contributed by atoms with Crippen LogP contribution in [0, 0.1) is 11.3 Å². The van der Waals surface area contributed by atoms with Crippen LogP contribution in [0.2, 0.25) is 0 Å². The topological polar surface area (TPSA) is 56.6 Å². The maximum atomic E-state index is 12.5. The van der Waals surface area contributed by atoms with Crippen LogP contribution < -0.4 is 0 Å². The van der Waals surface area contributed by atoms with E-state index in [4.69, 9.17) is 5.26 Å². The molecule has 0 spiro atoms. The van der Waals surface area contributed by atoms with Gasteiger partial charge in [0.05, 0.1) is 11.6 Å². The number of hydrogen-bond acceptors (Lipinski definition) is 2. The number of nitrogens with one attached hydrogen (secondary N) is 1. The van der Waals surface area contributed by atoms with Crippen molar-refractivity contribution in [1.82, 2.24) is 4.98 Å². The van der Waals surface area contributed by atoms with E-state index in [-0.39, 0.29) is 5.78 Å². The lowest BCUT2D eigenvalue weighted by molar-refractivity contribution is 0.104. The minimum absolute atomic E-state index is 0.0745. The fourth-order valence-corrected chi connectivity index (χ4v) is 2.20. The fourth-order valence-electron chi connectivity index (χ4n) is 2.20. The molecule has 0 amide bonds. The molecule has 0 saturated carbocycles. The molecule has 19 heavy (non-hydrogen) atoms. The highest BCUT2D eigenvalue weighted by Crippen LogP contribution is 2.24. The zero-order chi connectivity index (χ0) is 13.2. The molecule has 1 aromatic heterocycles. The summed E-state index contributed by atoms with van der Waals surface area (Å²) in [6.45, 7) is 0. The van der Waals surface area contributed by atoms with Crippen molar-refractivity contribution < 1.29 is 4.79 Å². The molecular formula is C16H10N2O. The van der Waals surface area contributed by atoms with Gasteiger partial charge in [-0.1, -0.05) is 36.4 Å². The Balaban J connectivity index is 2.22. The third-order valence-electron chi connectivity index (χ3n) is 3.11. The largest absolute Gasteiger partial charge is 0.360 e. The number of H-pyrrole nitrogens is 1. The van der Waals surface area contributed by atoms with Crippen LogP contribution in [-0.2, 0) is 0 Å². The second-order valence-corrected chi connectivity index (χ2v) is 4.24. The maximum Gasteiger partial charge on any atom is 0.195 e. The van der Waals surface area contributed by atoms with Crippen LogP contribution in [0.4, 0.5) is 0 Å². The van der Waals surface area contributed by atoms with Crippen molar-refractivity contribution in [2.75, 3.05) is 0 Å². The van der Waals surface area contributed by atoms with E-state index < -0.39 is 0 Å². The standard InChI is InChI=1S/C16H10N2O/c17-9-12-7-4-8-14-15(12)13(10-18-14)16(19)11-5-2-1-3-6-11/h1-8,10,18H. The van der Waals surface area contributed by atoms with E-state index in [1.165, 1.54) is 0 Å². The lowest BCUT2D eigenvalue weighted by atomic mass is 10.00. The highest BCUT2D eigenvalue weighted by molar-refractivity contribution is 6.17. The van der Waals surface area contributed by atoms with Crippen LogP contribution in [0.5, 0.6) is 0 Å². The van der Waals surface area contributed by atoms with Crippen LogP contribution in [0.25, 0.3) is 10.9 Å². The van der Waals surface area contributed by atoms with E-state index in [0.717, 1.165) is 5.52 Å². The van der Waals surface area contributed by atoms with Gasteiger partial charge in [0, 0.05) is 28.2 Å². The van der Waals surface area contributed by atoms with Gasteiger partial charge < -0.3 is 4.98 Å². The highest BCUT2D eigenvalue weighted by atomic mass is 16.1. The molecule has 0 unspecified atom stereocenters. The van der Waals surface area contributed by atoms with Gasteiger partial charge >= 0.3 is 0 Å². The van der Waals surface area contributed by atoms with Crippen LogP contribution in [0.15, 0.2) is 54.7 Å². The summed E-state index contributed by atoms with van der Waals surface area (Å²) in [5, 5.41) is 9.85. The van der Waals surface area contributed by atoms with Gasteiger partial charge in [0.25, 0.3) is 0 Å². The number of rotatable bonds is 2. The molecule has 2 aromatic carbocycles. The summed E-state index contributed by atoms with van der Waals surface area (Å²) in [6.07, 6.45) is 1.67. The Morgan fingerprint density at radius 2 is 1.84 bits per heavy atom. The molecular weight excluding hydrogens is 236 g/mol. The van der Waals surface area contributed by atoms with Crippen molar-refractivity contribution in [2.45, 2.75) is 0 Å². The second-order valence-electron chi connectivity index (χ2n) is 4.24. The Kier molecular flexibility index (Phi) is 2.62. The van der Waals surface area contributed by atoms with Crippen molar-refractivity contribution in [3.63, 3.8) is 0 Å². The van der Waals surface area contributed by atoms with E-state index in [1.54, 1.807) is 30.5 Å². The molecule has 3 rings (SSSR count). The molecule has 0 aliphatic carbocycles. The van der Waals surface area contributed by atoms with Crippen molar-refractivity contribution in [1.29, 1.82) is 5.26 Å². The van der Waals surface area contributed by atoms with E-state index in [1.807, 2.05) is 24.3 Å². The van der Waals surface area contributed by atoms with Crippen molar-refractivity contribution >= 4 is 16.7 Å². The van der Waals surface area contributed by atoms with Gasteiger partial charge in [-0.15, -0.1) is 0 Å². The van der Waals surface area contributed by atoms with Gasteiger partial charge in [0.1, 0.15) is 0 Å². The molecule has 3 aromatic rings. The molecule has 0 atom stereocenters. The highest BCUT2D eigenvalue weighted by Gasteiger charge is 2.16. The first kappa shape index (κ1) is 11.2. The minimum Gasteiger partial charge on any atom is -0.360 e. The summed E-state index contributed by atoms with van der Waals surface area (Å²) >= 11 is 0. The summed E-state index contributed by atoms with van der Waals surface area (Å²) in [6, 6.07) is 16.6. The number of aromatic amines is 1. The monoisotopic (exact) mass is 246 g/mol. The van der Waals surface area contributed by atoms with E-state index in [0.29, 0.717) is 22.1 Å². The SMILES string of the molecule is N#Cc1cccc2[nH]cc(C(=O)c3ccccc3)c12. The zero-order valence-corrected chi connectivity index (χ0v) is 10.1. The number of benzene rings is 2. The Morgan fingerprint density at radius 1 is 1.05 bits per heavy atom. The minimum atomic E-state index is -0.0745. The normalized spacial score (nSPS) is 10.3. The van der Waals surface area contributed by atoms with Crippen LogP contribution in [0.3, 0.4) is 0 Å². The number of carbonyl (C=O) groups excluding carboxylic acids is 1. The number of hydrogen-bond donors (Lipinski definition) is 1. The Morgan fingerprint density at radius 3 is 2.58 bits per heavy atom. The van der Waals surface area contributed by atoms with Crippen molar-refractivity contribution in [3.05, 3.63) is 71.4 Å². The number of nitrogens with zero attached hydrogens (tertiary/aromatic N) is 1. The lowest BCUT2D eigenvalue weighted by Gasteiger charge is -2.00. The molecule has 0 bridgehead atoms. The smallest absolute Gasteiger partial charge is 0.195 e. The summed E-state index contributed by atoms with van der Waals surface area (Å²) in [5.74, 6) is -0.0745. The predicted molar refractivity (Wildman–Crippen MR) is 72.9 cm³/mol. The first-order chi connectivity index (χ1) is 9.31. The van der Waals surface area contributed by atoms with Gasteiger partial charge in [-0.3, -0.25) is 4.79 Å². The summed E-state index contributed by atoms with van der Waals surface area (Å²) < 4.78 is 0. The Hall–Kier alpha value is -2.86. The first-order valence-corrected chi connectivity index (χ1v) is 5.91. The average Bonchev–Trinajstić information content (AvgIpc) is 2.91. The van der Waals surface area contributed by atoms with Crippen LogP contribution in [0.1, 0.15) is 21.5 Å². The molecule has 0 aliphatic rings. The fraction of sp³-hybridized carbons (Fsp3) is 0. The number of aromatic nitrogens is 1. The molecule has 1 N–H and O–H groups in total. The summed E-state index contributed by atoms with van der Waals surface area (Å²) in [7, 11) is 0. The van der Waals surface area contributed by atoms with E-state index in [2.05, 4.69) is 11.1 Å². The van der Waals surface area contributed by atoms with Crippen molar-refractivity contribution in [2.24, 2.45) is 0 Å². The average molecular weight is 246 g/mol. The number of carbonyl (C=O) groups is 1. The molecule has 0 fully saturated rings. The third kappa shape index (κ3) is 1.80. The van der Waals surface area contributed by atoms with Crippen LogP contribution in [-0.4, -0.2) is 10.8 Å². The Bertz CT molecular complexity index is 794. The van der Waals surface area contributed by atoms with Gasteiger partial charge in [-0.25, -0.2) is 0 Å². The van der Waals surface area contributed by atoms with Gasteiger partial charge in [0.15, 0.2) is 5.78 Å². The maximum absolute atomic E-state index is 12.5. The molecule has 0 aliphatic heterocycles. The summed E-state index contributed by atoms with van der Waals surface area (Å²) in [4.78, 5) is 15.5. The first-order valence-electron chi connectivity index (χ1n) is 5.91. The lowest BCUT2D eigenvalue weighted by Crippen LogP contribution is -2.00. The summed E-state index contributed by atoms with van der Waals surface area (Å²) in [5.41, 5.74) is 2.48. The second kappa shape index (κ2) is 4.43. The molecule has 90 valence electrons. The van der Waals surface area contributed by atoms with Crippen LogP contribution >= 0.6 is 0 Å². The van der Waals surface area contributed by atoms with Crippen molar-refractivity contribution in [3.8, 4) is 6.07 Å². The third-order valence-corrected chi connectivity index (χ3v) is 3.11. The van der Waals surface area contributed by atoms with Gasteiger partial charge in [-0.2, -0.15) is 5.26 Å². The number of ketones is 1. The van der Waals surface area contributed by atoms with E-state index >= 15 is 0 Å². The molecule has 0 radical (unpaired) electrons. The number of nitriles is 1. The number of fused-ring (bicyclic) bond motifs is 1. The van der Waals surface area contributed by atoms with Gasteiger partial charge in [0.2, 0.25) is 0 Å². The Labute approximate surface area is 110 Å². The molecule has 3 heteroatoms. The molecule has 1 heterocycles. The van der Waals surface area contributed by atoms with E-state index in [9.17, 15) is 4.79 Å². The zero-order valence-electron chi connectivity index (χ0n) is 10.1. The van der Waals surface area contributed by atoms with Gasteiger partial charge in [-0.05, 0) is 12.1 Å². The molecule has 3 nitrogen and oxygen atoms in total. The quantitative estimate of drug-likeness (QED) is 0.705. The predicted octanol–water partition coefficient (Wildman–Crippen LogP) is 3.27.